The highest BCUT2D eigenvalue weighted by atomic mass is 79.9. The lowest BCUT2D eigenvalue weighted by Gasteiger charge is -2.09. The molecule has 0 unspecified atom stereocenters. The molecule has 0 fully saturated rings. The van der Waals surface area contributed by atoms with Gasteiger partial charge < -0.3 is 9.88 Å². The Kier molecular flexibility index (Phi) is 4.59. The van der Waals surface area contributed by atoms with Gasteiger partial charge in [-0.15, -0.1) is 0 Å². The monoisotopic (exact) mass is 406 g/mol. The average Bonchev–Trinajstić information content (AvgIpc) is 2.77. The minimum atomic E-state index is -0.826. The van der Waals surface area contributed by atoms with E-state index in [1.165, 1.54) is 6.07 Å². The molecule has 2 rings (SSSR count). The van der Waals surface area contributed by atoms with Crippen molar-refractivity contribution < 1.29 is 13.6 Å². The standard InChI is InChI=1S/C13H10Br2F2N2O/c1-2-19-6-7(14)3-12(19)13(20)18-11-4-8(15)9(16)5-10(11)17/h3-6H,2H2,1H3,(H,18,20). The van der Waals surface area contributed by atoms with Gasteiger partial charge in [0, 0.05) is 23.3 Å². The number of carbonyl (C=O) groups excluding carboxylic acids is 1. The molecule has 0 bridgehead atoms. The summed E-state index contributed by atoms with van der Waals surface area (Å²) >= 11 is 6.23. The summed E-state index contributed by atoms with van der Waals surface area (Å²) in [7, 11) is 0. The van der Waals surface area contributed by atoms with Gasteiger partial charge >= 0.3 is 0 Å². The number of rotatable bonds is 3. The maximum Gasteiger partial charge on any atom is 0.272 e. The van der Waals surface area contributed by atoms with E-state index in [2.05, 4.69) is 37.2 Å². The molecule has 1 amide bonds. The van der Waals surface area contributed by atoms with Crippen molar-refractivity contribution in [1.82, 2.24) is 4.57 Å². The van der Waals surface area contributed by atoms with Crippen molar-refractivity contribution in [1.29, 1.82) is 0 Å². The number of aryl methyl sites for hydroxylation is 1. The number of aromatic nitrogens is 1. The first-order valence-electron chi connectivity index (χ1n) is 5.74. The summed E-state index contributed by atoms with van der Waals surface area (Å²) in [6.45, 7) is 2.49. The summed E-state index contributed by atoms with van der Waals surface area (Å²) in [5.74, 6) is -2.01. The van der Waals surface area contributed by atoms with Crippen molar-refractivity contribution in [2.75, 3.05) is 5.32 Å². The van der Waals surface area contributed by atoms with E-state index in [1.54, 1.807) is 16.8 Å². The van der Waals surface area contributed by atoms with Gasteiger partial charge in [-0.3, -0.25) is 4.79 Å². The van der Waals surface area contributed by atoms with Crippen molar-refractivity contribution in [2.24, 2.45) is 0 Å². The molecule has 0 aliphatic rings. The van der Waals surface area contributed by atoms with Crippen molar-refractivity contribution in [3.8, 4) is 0 Å². The molecule has 0 radical (unpaired) electrons. The maximum atomic E-state index is 13.6. The van der Waals surface area contributed by atoms with Crippen molar-refractivity contribution in [3.05, 3.63) is 50.7 Å². The molecule has 0 saturated carbocycles. The summed E-state index contributed by atoms with van der Waals surface area (Å²) in [4.78, 5) is 12.1. The van der Waals surface area contributed by atoms with Gasteiger partial charge in [0.2, 0.25) is 0 Å². The molecular formula is C13H10Br2F2N2O. The molecule has 0 atom stereocenters. The molecule has 7 heteroatoms. The fraction of sp³-hybridized carbons (Fsp3) is 0.154. The molecule has 1 N–H and O–H groups in total. The zero-order valence-corrected chi connectivity index (χ0v) is 13.6. The van der Waals surface area contributed by atoms with Gasteiger partial charge in [-0.25, -0.2) is 8.78 Å². The molecule has 20 heavy (non-hydrogen) atoms. The highest BCUT2D eigenvalue weighted by molar-refractivity contribution is 9.10. The normalized spacial score (nSPS) is 10.7. The Hall–Kier alpha value is -1.21. The number of benzene rings is 1. The van der Waals surface area contributed by atoms with Crippen LogP contribution in [-0.2, 0) is 6.54 Å². The third kappa shape index (κ3) is 3.09. The van der Waals surface area contributed by atoms with Crippen molar-refractivity contribution in [3.63, 3.8) is 0 Å². The lowest BCUT2D eigenvalue weighted by atomic mass is 10.3. The molecule has 0 aliphatic carbocycles. The second-order valence-electron chi connectivity index (χ2n) is 4.03. The summed E-state index contributed by atoms with van der Waals surface area (Å²) in [6, 6.07) is 3.54. The fourth-order valence-electron chi connectivity index (χ4n) is 1.73. The van der Waals surface area contributed by atoms with E-state index in [4.69, 9.17) is 0 Å². The van der Waals surface area contributed by atoms with Crippen LogP contribution in [-0.4, -0.2) is 10.5 Å². The lowest BCUT2D eigenvalue weighted by molar-refractivity contribution is 0.101. The van der Waals surface area contributed by atoms with Gasteiger partial charge in [0.1, 0.15) is 17.3 Å². The Balaban J connectivity index is 2.30. The van der Waals surface area contributed by atoms with Gasteiger partial charge in [0.05, 0.1) is 10.2 Å². The molecule has 0 aliphatic heterocycles. The van der Waals surface area contributed by atoms with Crippen LogP contribution in [0.1, 0.15) is 17.4 Å². The Labute approximate surface area is 131 Å². The maximum absolute atomic E-state index is 13.6. The number of hydrogen-bond donors (Lipinski definition) is 1. The summed E-state index contributed by atoms with van der Waals surface area (Å²) < 4.78 is 29.3. The predicted molar refractivity (Wildman–Crippen MR) is 79.8 cm³/mol. The van der Waals surface area contributed by atoms with Crippen LogP contribution in [0.3, 0.4) is 0 Å². The molecule has 3 nitrogen and oxygen atoms in total. The first-order valence-corrected chi connectivity index (χ1v) is 7.32. The van der Waals surface area contributed by atoms with Crippen molar-refractivity contribution in [2.45, 2.75) is 13.5 Å². The second kappa shape index (κ2) is 6.05. The third-order valence-electron chi connectivity index (χ3n) is 2.69. The lowest BCUT2D eigenvalue weighted by Crippen LogP contribution is -2.17. The zero-order chi connectivity index (χ0) is 14.9. The van der Waals surface area contributed by atoms with Crippen LogP contribution >= 0.6 is 31.9 Å². The van der Waals surface area contributed by atoms with E-state index >= 15 is 0 Å². The Morgan fingerprint density at radius 1 is 1.25 bits per heavy atom. The van der Waals surface area contributed by atoms with E-state index < -0.39 is 17.5 Å². The topological polar surface area (TPSA) is 34.0 Å². The first-order chi connectivity index (χ1) is 9.42. The summed E-state index contributed by atoms with van der Waals surface area (Å²) in [5.41, 5.74) is 0.308. The number of carbonyl (C=O) groups is 1. The minimum Gasteiger partial charge on any atom is -0.343 e. The van der Waals surface area contributed by atoms with Crippen molar-refractivity contribution >= 4 is 43.5 Å². The number of halogens is 4. The van der Waals surface area contributed by atoms with Crippen LogP contribution in [0, 0.1) is 11.6 Å². The second-order valence-corrected chi connectivity index (χ2v) is 5.80. The van der Waals surface area contributed by atoms with Crippen LogP contribution in [0.4, 0.5) is 14.5 Å². The largest absolute Gasteiger partial charge is 0.343 e. The van der Waals surface area contributed by atoms with Gasteiger partial charge in [-0.05, 0) is 50.9 Å². The number of nitrogens with zero attached hydrogens (tertiary/aromatic N) is 1. The van der Waals surface area contributed by atoms with Gasteiger partial charge in [-0.2, -0.15) is 0 Å². The van der Waals surface area contributed by atoms with Crippen LogP contribution < -0.4 is 5.32 Å². The Morgan fingerprint density at radius 2 is 1.95 bits per heavy atom. The average molecular weight is 408 g/mol. The fourth-order valence-corrected chi connectivity index (χ4v) is 2.54. The summed E-state index contributed by atoms with van der Waals surface area (Å²) in [5, 5.41) is 2.43. The van der Waals surface area contributed by atoms with Gasteiger partial charge in [-0.1, -0.05) is 0 Å². The highest BCUT2D eigenvalue weighted by Crippen LogP contribution is 2.24. The molecule has 0 saturated heterocycles. The quantitative estimate of drug-likeness (QED) is 0.743. The number of anilines is 1. The van der Waals surface area contributed by atoms with E-state index in [-0.39, 0.29) is 10.2 Å². The highest BCUT2D eigenvalue weighted by Gasteiger charge is 2.15. The Morgan fingerprint density at radius 3 is 2.60 bits per heavy atom. The molecule has 1 aromatic carbocycles. The molecule has 1 heterocycles. The summed E-state index contributed by atoms with van der Waals surface area (Å²) in [6.07, 6.45) is 1.76. The van der Waals surface area contributed by atoms with E-state index in [0.717, 1.165) is 4.47 Å². The molecule has 2 aromatic rings. The number of amides is 1. The van der Waals surface area contributed by atoms with Crippen LogP contribution in [0.2, 0.25) is 0 Å². The first kappa shape index (κ1) is 15.2. The predicted octanol–water partition coefficient (Wildman–Crippen LogP) is 4.56. The molecular weight excluding hydrogens is 398 g/mol. The number of nitrogens with one attached hydrogen (secondary N) is 1. The smallest absolute Gasteiger partial charge is 0.272 e. The molecule has 106 valence electrons. The van der Waals surface area contributed by atoms with E-state index in [0.29, 0.717) is 18.3 Å². The van der Waals surface area contributed by atoms with Gasteiger partial charge in [0.25, 0.3) is 5.91 Å². The Bertz CT molecular complexity index is 671. The SMILES string of the molecule is CCn1cc(Br)cc1C(=O)Nc1cc(Br)c(F)cc1F. The van der Waals surface area contributed by atoms with Crippen LogP contribution in [0.25, 0.3) is 0 Å². The molecule has 1 aromatic heterocycles. The van der Waals surface area contributed by atoms with E-state index in [9.17, 15) is 13.6 Å². The van der Waals surface area contributed by atoms with Gasteiger partial charge in [0.15, 0.2) is 0 Å². The van der Waals surface area contributed by atoms with Crippen LogP contribution in [0.5, 0.6) is 0 Å². The van der Waals surface area contributed by atoms with Crippen LogP contribution in [0.15, 0.2) is 33.3 Å². The third-order valence-corrected chi connectivity index (χ3v) is 3.74. The minimum absolute atomic E-state index is 0.0803. The zero-order valence-electron chi connectivity index (χ0n) is 10.4. The van der Waals surface area contributed by atoms with E-state index in [1.807, 2.05) is 6.92 Å². The number of hydrogen-bond acceptors (Lipinski definition) is 1. The molecule has 0 spiro atoms.